The Labute approximate surface area is 123 Å². The molecular weight excluding hydrogens is 268 g/mol. The Morgan fingerprint density at radius 2 is 2.00 bits per heavy atom. The Morgan fingerprint density at radius 1 is 1.29 bits per heavy atom. The van der Waals surface area contributed by atoms with Gasteiger partial charge >= 0.3 is 0 Å². The highest BCUT2D eigenvalue weighted by Crippen LogP contribution is 2.22. The molecule has 1 amide bonds. The van der Waals surface area contributed by atoms with Gasteiger partial charge in [-0.2, -0.15) is 5.10 Å². The van der Waals surface area contributed by atoms with Gasteiger partial charge in [-0.3, -0.25) is 9.48 Å². The quantitative estimate of drug-likeness (QED) is 0.912. The highest BCUT2D eigenvalue weighted by molar-refractivity contribution is 6.00. The molecule has 1 aliphatic heterocycles. The van der Waals surface area contributed by atoms with Gasteiger partial charge in [-0.1, -0.05) is 0 Å². The maximum absolute atomic E-state index is 12.5. The van der Waals surface area contributed by atoms with E-state index in [1.165, 1.54) is 0 Å². The van der Waals surface area contributed by atoms with Crippen molar-refractivity contribution in [1.29, 1.82) is 0 Å². The normalized spacial score (nSPS) is 18.3. The summed E-state index contributed by atoms with van der Waals surface area (Å²) in [7, 11) is 1.84. The number of nitrogens with one attached hydrogen (secondary N) is 1. The zero-order valence-electron chi connectivity index (χ0n) is 12.4. The third-order valence-electron chi connectivity index (χ3n) is 3.49. The third-order valence-corrected chi connectivity index (χ3v) is 3.49. The fraction of sp³-hybridized carbons (Fsp3) is 0.429. The second kappa shape index (κ2) is 5.16. The second-order valence-corrected chi connectivity index (χ2v) is 5.32. The van der Waals surface area contributed by atoms with Crippen LogP contribution < -0.4 is 10.2 Å². The second-order valence-electron chi connectivity index (χ2n) is 5.32. The molecule has 7 heteroatoms. The van der Waals surface area contributed by atoms with Crippen LogP contribution in [0.5, 0.6) is 0 Å². The van der Waals surface area contributed by atoms with E-state index in [0.29, 0.717) is 12.5 Å². The lowest BCUT2D eigenvalue weighted by molar-refractivity contribution is -0.117. The summed E-state index contributed by atoms with van der Waals surface area (Å²) in [5.41, 5.74) is 2.60. The van der Waals surface area contributed by atoms with Gasteiger partial charge in [-0.15, -0.1) is 0 Å². The molecule has 3 rings (SSSR count). The molecule has 110 valence electrons. The fourth-order valence-corrected chi connectivity index (χ4v) is 2.56. The number of nitrogens with zero attached hydrogens (tertiary/aromatic N) is 5. The van der Waals surface area contributed by atoms with Crippen LogP contribution in [0.3, 0.4) is 0 Å². The Hall–Kier alpha value is -2.44. The van der Waals surface area contributed by atoms with Gasteiger partial charge in [0.2, 0.25) is 11.9 Å². The van der Waals surface area contributed by atoms with Gasteiger partial charge in [0.05, 0.1) is 11.9 Å². The summed E-state index contributed by atoms with van der Waals surface area (Å²) < 4.78 is 1.69. The number of aryl methyl sites for hydroxylation is 3. The Bertz CT molecular complexity index is 660. The molecule has 21 heavy (non-hydrogen) atoms. The predicted octanol–water partition coefficient (Wildman–Crippen LogP) is 1.04. The van der Waals surface area contributed by atoms with Crippen molar-refractivity contribution >= 4 is 17.5 Å². The molecule has 1 aliphatic rings. The van der Waals surface area contributed by atoms with Crippen LogP contribution in [0.15, 0.2) is 18.5 Å². The van der Waals surface area contributed by atoms with Gasteiger partial charge in [-0.25, -0.2) is 9.97 Å². The van der Waals surface area contributed by atoms with Crippen molar-refractivity contribution in [2.24, 2.45) is 7.05 Å². The smallest absolute Gasteiger partial charge is 0.249 e. The first-order valence-corrected chi connectivity index (χ1v) is 6.92. The van der Waals surface area contributed by atoms with Gasteiger partial charge in [-0.05, 0) is 26.3 Å². The largest absolute Gasteiger partial charge is 0.342 e. The SMILES string of the molecule is Cc1cc(C)nc(NC2CCN(c3cnn(C)c3)C2=O)n1. The van der Waals surface area contributed by atoms with Crippen LogP contribution in [0.1, 0.15) is 17.8 Å². The maximum atomic E-state index is 12.5. The lowest BCUT2D eigenvalue weighted by Gasteiger charge is -2.15. The first-order valence-electron chi connectivity index (χ1n) is 6.92. The molecule has 2 aromatic rings. The molecule has 1 saturated heterocycles. The molecule has 3 heterocycles. The summed E-state index contributed by atoms with van der Waals surface area (Å²) in [4.78, 5) is 22.9. The molecule has 1 N–H and O–H groups in total. The summed E-state index contributed by atoms with van der Waals surface area (Å²) in [5.74, 6) is 0.546. The van der Waals surface area contributed by atoms with Crippen LogP contribution in [0, 0.1) is 13.8 Å². The first kappa shape index (κ1) is 13.5. The van der Waals surface area contributed by atoms with Crippen LogP contribution in [-0.2, 0) is 11.8 Å². The van der Waals surface area contributed by atoms with Gasteiger partial charge < -0.3 is 10.2 Å². The van der Waals surface area contributed by atoms with E-state index >= 15 is 0 Å². The number of aromatic nitrogens is 4. The molecular formula is C14H18N6O. The summed E-state index contributed by atoms with van der Waals surface area (Å²) in [6.07, 6.45) is 4.27. The van der Waals surface area contributed by atoms with Crippen LogP contribution in [-0.4, -0.2) is 38.2 Å². The summed E-state index contributed by atoms with van der Waals surface area (Å²) in [6.45, 7) is 4.50. The number of carbonyl (C=O) groups excluding carboxylic acids is 1. The lowest BCUT2D eigenvalue weighted by Crippen LogP contribution is -2.33. The molecule has 0 aliphatic carbocycles. The Kier molecular flexibility index (Phi) is 3.32. The third kappa shape index (κ3) is 2.72. The zero-order chi connectivity index (χ0) is 15.0. The molecule has 7 nitrogen and oxygen atoms in total. The number of anilines is 2. The molecule has 1 fully saturated rings. The molecule has 0 aromatic carbocycles. The summed E-state index contributed by atoms with van der Waals surface area (Å²) >= 11 is 0. The molecule has 0 radical (unpaired) electrons. The standard InChI is InChI=1S/C14H18N6O/c1-9-6-10(2)17-14(16-9)18-12-4-5-20(13(12)21)11-7-15-19(3)8-11/h6-8,12H,4-5H2,1-3H3,(H,16,17,18). The van der Waals surface area contributed by atoms with E-state index in [9.17, 15) is 4.79 Å². The Balaban J connectivity index is 1.74. The molecule has 0 saturated carbocycles. The monoisotopic (exact) mass is 286 g/mol. The zero-order valence-corrected chi connectivity index (χ0v) is 12.4. The van der Waals surface area contributed by atoms with Gasteiger partial charge in [0, 0.05) is 31.2 Å². The van der Waals surface area contributed by atoms with E-state index in [0.717, 1.165) is 23.5 Å². The minimum atomic E-state index is -0.286. The van der Waals surface area contributed by atoms with E-state index in [2.05, 4.69) is 20.4 Å². The minimum absolute atomic E-state index is 0.0331. The lowest BCUT2D eigenvalue weighted by atomic mass is 10.2. The van der Waals surface area contributed by atoms with Crippen molar-refractivity contribution in [1.82, 2.24) is 19.7 Å². The van der Waals surface area contributed by atoms with Gasteiger partial charge in [0.25, 0.3) is 0 Å². The van der Waals surface area contributed by atoms with Crippen LogP contribution in [0.25, 0.3) is 0 Å². The van der Waals surface area contributed by atoms with E-state index in [1.54, 1.807) is 15.8 Å². The van der Waals surface area contributed by atoms with E-state index in [1.807, 2.05) is 33.2 Å². The number of hydrogen-bond acceptors (Lipinski definition) is 5. The average molecular weight is 286 g/mol. The number of amides is 1. The van der Waals surface area contributed by atoms with Crippen molar-refractivity contribution in [2.45, 2.75) is 26.3 Å². The molecule has 2 aromatic heterocycles. The predicted molar refractivity (Wildman–Crippen MR) is 79.1 cm³/mol. The topological polar surface area (TPSA) is 75.9 Å². The fourth-order valence-electron chi connectivity index (χ4n) is 2.56. The average Bonchev–Trinajstić information content (AvgIpc) is 2.96. The highest BCUT2D eigenvalue weighted by atomic mass is 16.2. The Morgan fingerprint density at radius 3 is 2.62 bits per heavy atom. The van der Waals surface area contributed by atoms with Crippen molar-refractivity contribution in [3.8, 4) is 0 Å². The van der Waals surface area contributed by atoms with Gasteiger partial charge in [0.1, 0.15) is 6.04 Å². The number of carbonyl (C=O) groups is 1. The number of hydrogen-bond donors (Lipinski definition) is 1. The first-order chi connectivity index (χ1) is 10.0. The van der Waals surface area contributed by atoms with E-state index in [-0.39, 0.29) is 11.9 Å². The van der Waals surface area contributed by atoms with Crippen molar-refractivity contribution < 1.29 is 4.79 Å². The summed E-state index contributed by atoms with van der Waals surface area (Å²) in [6, 6.07) is 1.62. The van der Waals surface area contributed by atoms with Crippen molar-refractivity contribution in [3.05, 3.63) is 29.8 Å². The van der Waals surface area contributed by atoms with Crippen molar-refractivity contribution in [2.75, 3.05) is 16.8 Å². The van der Waals surface area contributed by atoms with Crippen LogP contribution >= 0.6 is 0 Å². The molecule has 1 atom stereocenters. The highest BCUT2D eigenvalue weighted by Gasteiger charge is 2.33. The van der Waals surface area contributed by atoms with Crippen molar-refractivity contribution in [3.63, 3.8) is 0 Å². The number of rotatable bonds is 3. The van der Waals surface area contributed by atoms with Crippen LogP contribution in [0.2, 0.25) is 0 Å². The summed E-state index contributed by atoms with van der Waals surface area (Å²) in [5, 5.41) is 7.24. The van der Waals surface area contributed by atoms with Crippen LogP contribution in [0.4, 0.5) is 11.6 Å². The van der Waals surface area contributed by atoms with E-state index in [4.69, 9.17) is 0 Å². The van der Waals surface area contributed by atoms with E-state index < -0.39 is 0 Å². The van der Waals surface area contributed by atoms with Gasteiger partial charge in [0.15, 0.2) is 0 Å². The minimum Gasteiger partial charge on any atom is -0.342 e. The molecule has 0 bridgehead atoms. The maximum Gasteiger partial charge on any atom is 0.249 e. The molecule has 1 unspecified atom stereocenters. The molecule has 0 spiro atoms.